The van der Waals surface area contributed by atoms with E-state index in [0.29, 0.717) is 19.7 Å². The summed E-state index contributed by atoms with van der Waals surface area (Å²) in [6.07, 6.45) is 1.84. The number of aryl methyl sites for hydroxylation is 1. The van der Waals surface area contributed by atoms with Gasteiger partial charge >= 0.3 is 12.0 Å². The van der Waals surface area contributed by atoms with Crippen LogP contribution in [0.15, 0.2) is 24.3 Å². The highest BCUT2D eigenvalue weighted by Crippen LogP contribution is 2.28. The highest BCUT2D eigenvalue weighted by molar-refractivity contribution is 5.95. The lowest BCUT2D eigenvalue weighted by Gasteiger charge is -2.38. The molecule has 1 fully saturated rings. The van der Waals surface area contributed by atoms with Gasteiger partial charge in [-0.05, 0) is 24.5 Å². The molecule has 0 aliphatic carbocycles. The van der Waals surface area contributed by atoms with E-state index in [1.165, 1.54) is 4.90 Å². The number of hydrogen-bond donors (Lipinski definition) is 1. The van der Waals surface area contributed by atoms with Crippen LogP contribution in [-0.4, -0.2) is 54.4 Å². The molecule has 6 nitrogen and oxygen atoms in total. The largest absolute Gasteiger partial charge is 0.480 e. The summed E-state index contributed by atoms with van der Waals surface area (Å²) in [5, 5.41) is 9.26. The van der Waals surface area contributed by atoms with E-state index >= 15 is 0 Å². The number of amides is 2. The summed E-state index contributed by atoms with van der Waals surface area (Å²) in [5.41, 5.74) is 2.03. The van der Waals surface area contributed by atoms with Gasteiger partial charge in [0, 0.05) is 18.8 Å². The van der Waals surface area contributed by atoms with Gasteiger partial charge in [0.1, 0.15) is 0 Å². The standard InChI is InChI=1S/C15H18N2O4/c18-14(19)13-10-21-9-8-17(13)15(20)16-7-3-5-11-4-1-2-6-12(11)16/h1-2,4,6,13H,3,5,7-10H2,(H,18,19). The van der Waals surface area contributed by atoms with E-state index in [0.717, 1.165) is 24.1 Å². The van der Waals surface area contributed by atoms with Crippen molar-refractivity contribution >= 4 is 17.7 Å². The summed E-state index contributed by atoms with van der Waals surface area (Å²) >= 11 is 0. The number of aliphatic carboxylic acids is 1. The molecule has 1 saturated heterocycles. The summed E-state index contributed by atoms with van der Waals surface area (Å²) in [7, 11) is 0. The molecule has 0 bridgehead atoms. The van der Waals surface area contributed by atoms with E-state index in [-0.39, 0.29) is 12.6 Å². The van der Waals surface area contributed by atoms with Gasteiger partial charge in [0.15, 0.2) is 6.04 Å². The number of benzene rings is 1. The molecule has 2 aliphatic rings. The molecular weight excluding hydrogens is 272 g/mol. The first-order chi connectivity index (χ1) is 10.2. The number of carbonyl (C=O) groups is 2. The zero-order valence-corrected chi connectivity index (χ0v) is 11.7. The Labute approximate surface area is 122 Å². The maximum atomic E-state index is 12.8. The fraction of sp³-hybridized carbons (Fsp3) is 0.467. The van der Waals surface area contributed by atoms with Crippen LogP contribution in [0, 0.1) is 0 Å². The minimum atomic E-state index is -1.02. The molecule has 6 heteroatoms. The molecule has 2 amide bonds. The molecule has 1 aromatic carbocycles. The second kappa shape index (κ2) is 5.73. The number of morpholine rings is 1. The summed E-state index contributed by atoms with van der Waals surface area (Å²) in [6.45, 7) is 1.37. The molecule has 0 radical (unpaired) electrons. The molecule has 0 spiro atoms. The number of carboxylic acid groups (broad SMARTS) is 1. The third-order valence-corrected chi connectivity index (χ3v) is 4.00. The average molecular weight is 290 g/mol. The van der Waals surface area contributed by atoms with Gasteiger partial charge in [0.25, 0.3) is 0 Å². The van der Waals surface area contributed by atoms with Crippen molar-refractivity contribution in [1.29, 1.82) is 0 Å². The van der Waals surface area contributed by atoms with Crippen molar-refractivity contribution in [2.75, 3.05) is 31.2 Å². The first-order valence-corrected chi connectivity index (χ1v) is 7.15. The molecule has 2 heterocycles. The normalized spacial score (nSPS) is 21.8. The number of rotatable bonds is 1. The summed E-state index contributed by atoms with van der Waals surface area (Å²) < 4.78 is 5.19. The van der Waals surface area contributed by atoms with E-state index in [4.69, 9.17) is 4.74 Å². The smallest absolute Gasteiger partial charge is 0.328 e. The minimum absolute atomic E-state index is 0.0521. The third kappa shape index (κ3) is 2.58. The molecule has 1 unspecified atom stereocenters. The van der Waals surface area contributed by atoms with Gasteiger partial charge in [-0.1, -0.05) is 18.2 Å². The fourth-order valence-electron chi connectivity index (χ4n) is 2.92. The zero-order valence-electron chi connectivity index (χ0n) is 11.7. The van der Waals surface area contributed by atoms with Crippen molar-refractivity contribution in [1.82, 2.24) is 4.90 Å². The van der Waals surface area contributed by atoms with E-state index in [1.807, 2.05) is 24.3 Å². The fourth-order valence-corrected chi connectivity index (χ4v) is 2.92. The predicted molar refractivity (Wildman–Crippen MR) is 76.5 cm³/mol. The molecule has 112 valence electrons. The number of carboxylic acids is 1. The molecule has 0 aromatic heterocycles. The molecule has 21 heavy (non-hydrogen) atoms. The van der Waals surface area contributed by atoms with Gasteiger partial charge in [-0.15, -0.1) is 0 Å². The van der Waals surface area contributed by atoms with Gasteiger partial charge in [-0.25, -0.2) is 9.59 Å². The monoisotopic (exact) mass is 290 g/mol. The Balaban J connectivity index is 1.86. The molecular formula is C15H18N2O4. The number of carbonyl (C=O) groups excluding carboxylic acids is 1. The van der Waals surface area contributed by atoms with Crippen LogP contribution in [0.25, 0.3) is 0 Å². The van der Waals surface area contributed by atoms with Gasteiger partial charge < -0.3 is 14.7 Å². The molecule has 0 saturated carbocycles. The van der Waals surface area contributed by atoms with E-state index in [2.05, 4.69) is 0 Å². The number of fused-ring (bicyclic) bond motifs is 1. The van der Waals surface area contributed by atoms with Crippen LogP contribution in [0.2, 0.25) is 0 Å². The summed E-state index contributed by atoms with van der Waals surface area (Å²) in [5.74, 6) is -1.02. The second-order valence-electron chi connectivity index (χ2n) is 5.29. The van der Waals surface area contributed by atoms with Crippen molar-refractivity contribution < 1.29 is 19.4 Å². The minimum Gasteiger partial charge on any atom is -0.480 e. The molecule has 1 aromatic rings. The van der Waals surface area contributed by atoms with Crippen molar-refractivity contribution in [3.8, 4) is 0 Å². The zero-order chi connectivity index (χ0) is 14.8. The Kier molecular flexibility index (Phi) is 3.79. The maximum absolute atomic E-state index is 12.8. The lowest BCUT2D eigenvalue weighted by molar-refractivity contribution is -0.147. The van der Waals surface area contributed by atoms with Crippen LogP contribution in [0.5, 0.6) is 0 Å². The number of ether oxygens (including phenoxy) is 1. The van der Waals surface area contributed by atoms with Gasteiger partial charge in [-0.2, -0.15) is 0 Å². The molecule has 3 rings (SSSR count). The highest BCUT2D eigenvalue weighted by atomic mass is 16.5. The lowest BCUT2D eigenvalue weighted by Crippen LogP contribution is -2.57. The number of nitrogens with zero attached hydrogens (tertiary/aromatic N) is 2. The van der Waals surface area contributed by atoms with E-state index < -0.39 is 12.0 Å². The molecule has 1 N–H and O–H groups in total. The molecule has 1 atom stereocenters. The van der Waals surface area contributed by atoms with Crippen LogP contribution in [0.1, 0.15) is 12.0 Å². The Morgan fingerprint density at radius 3 is 2.86 bits per heavy atom. The maximum Gasteiger partial charge on any atom is 0.328 e. The van der Waals surface area contributed by atoms with Crippen LogP contribution < -0.4 is 4.90 Å². The van der Waals surface area contributed by atoms with Crippen LogP contribution >= 0.6 is 0 Å². The van der Waals surface area contributed by atoms with Crippen molar-refractivity contribution in [3.63, 3.8) is 0 Å². The lowest BCUT2D eigenvalue weighted by atomic mass is 10.0. The first kappa shape index (κ1) is 13.9. The second-order valence-corrected chi connectivity index (χ2v) is 5.29. The number of anilines is 1. The topological polar surface area (TPSA) is 70.1 Å². The van der Waals surface area contributed by atoms with Gasteiger partial charge in [-0.3, -0.25) is 4.90 Å². The average Bonchev–Trinajstić information content (AvgIpc) is 2.53. The van der Waals surface area contributed by atoms with E-state index in [1.54, 1.807) is 4.90 Å². The van der Waals surface area contributed by atoms with Crippen molar-refractivity contribution in [3.05, 3.63) is 29.8 Å². The van der Waals surface area contributed by atoms with E-state index in [9.17, 15) is 14.7 Å². The van der Waals surface area contributed by atoms with Crippen LogP contribution in [-0.2, 0) is 16.0 Å². The Bertz CT molecular complexity index is 560. The Morgan fingerprint density at radius 2 is 2.05 bits per heavy atom. The predicted octanol–water partition coefficient (Wildman–Crippen LogP) is 1.34. The van der Waals surface area contributed by atoms with Crippen molar-refractivity contribution in [2.45, 2.75) is 18.9 Å². The third-order valence-electron chi connectivity index (χ3n) is 4.00. The summed E-state index contributed by atoms with van der Waals surface area (Å²) in [4.78, 5) is 27.2. The Hall–Kier alpha value is -2.08. The first-order valence-electron chi connectivity index (χ1n) is 7.15. The SMILES string of the molecule is O=C(O)C1COCCN1C(=O)N1CCCc2ccccc21. The Morgan fingerprint density at radius 1 is 1.24 bits per heavy atom. The highest BCUT2D eigenvalue weighted by Gasteiger charge is 2.36. The van der Waals surface area contributed by atoms with Crippen LogP contribution in [0.3, 0.4) is 0 Å². The number of urea groups is 1. The quantitative estimate of drug-likeness (QED) is 0.847. The summed E-state index contributed by atoms with van der Waals surface area (Å²) in [6, 6.07) is 6.66. The number of para-hydroxylation sites is 1. The van der Waals surface area contributed by atoms with Crippen molar-refractivity contribution in [2.24, 2.45) is 0 Å². The van der Waals surface area contributed by atoms with Gasteiger partial charge in [0.2, 0.25) is 0 Å². The van der Waals surface area contributed by atoms with Crippen LogP contribution in [0.4, 0.5) is 10.5 Å². The molecule has 2 aliphatic heterocycles. The number of hydrogen-bond acceptors (Lipinski definition) is 3. The van der Waals surface area contributed by atoms with Gasteiger partial charge in [0.05, 0.1) is 13.2 Å².